The van der Waals surface area contributed by atoms with Crippen LogP contribution in [-0.4, -0.2) is 31.8 Å². The van der Waals surface area contributed by atoms with Crippen molar-refractivity contribution in [1.82, 2.24) is 9.71 Å². The maximum Gasteiger partial charge on any atom is 0.208 e. The molecule has 5 nitrogen and oxygen atoms in total. The molecule has 2 aromatic rings. The van der Waals surface area contributed by atoms with E-state index < -0.39 is 10.0 Å². The molecule has 1 saturated carbocycles. The van der Waals surface area contributed by atoms with Gasteiger partial charge in [-0.05, 0) is 49.9 Å². The first-order chi connectivity index (χ1) is 10.5. The van der Waals surface area contributed by atoms with Crippen molar-refractivity contribution in [2.45, 2.75) is 37.8 Å². The lowest BCUT2D eigenvalue weighted by Crippen LogP contribution is -2.39. The normalized spacial score (nSPS) is 22.6. The average molecular weight is 320 g/mol. The van der Waals surface area contributed by atoms with Crippen LogP contribution >= 0.6 is 0 Å². The number of rotatable bonds is 4. The molecule has 0 radical (unpaired) electrons. The third-order valence-corrected chi connectivity index (χ3v) is 4.69. The molecule has 1 heterocycles. The highest BCUT2D eigenvalue weighted by Crippen LogP contribution is 2.26. The third-order valence-electron chi connectivity index (χ3n) is 3.93. The number of hydrogen-bond acceptors (Lipinski definition) is 4. The summed E-state index contributed by atoms with van der Waals surface area (Å²) in [5.41, 5.74) is 0.955. The van der Waals surface area contributed by atoms with E-state index in [9.17, 15) is 8.42 Å². The first-order valence-electron chi connectivity index (χ1n) is 7.48. The fourth-order valence-corrected chi connectivity index (χ4v) is 3.76. The lowest BCUT2D eigenvalue weighted by Gasteiger charge is -2.29. The van der Waals surface area contributed by atoms with E-state index in [1.165, 1.54) is 6.26 Å². The molecule has 6 heteroatoms. The van der Waals surface area contributed by atoms with Crippen LogP contribution in [0.1, 0.15) is 25.7 Å². The minimum Gasteiger partial charge on any atom is -0.490 e. The zero-order chi connectivity index (χ0) is 15.6. The highest BCUT2D eigenvalue weighted by molar-refractivity contribution is 7.88. The maximum atomic E-state index is 11.2. The third kappa shape index (κ3) is 3.96. The summed E-state index contributed by atoms with van der Waals surface area (Å²) >= 11 is 0. The summed E-state index contributed by atoms with van der Waals surface area (Å²) in [5.74, 6) is 0.847. The first-order valence-corrected chi connectivity index (χ1v) is 9.37. The van der Waals surface area contributed by atoms with Gasteiger partial charge in [-0.3, -0.25) is 4.98 Å². The molecular weight excluding hydrogens is 300 g/mol. The Balaban J connectivity index is 1.60. The second-order valence-corrected chi connectivity index (χ2v) is 7.62. The fraction of sp³-hybridized carbons (Fsp3) is 0.438. The lowest BCUT2D eigenvalue weighted by atomic mass is 9.93. The smallest absolute Gasteiger partial charge is 0.208 e. The van der Waals surface area contributed by atoms with Gasteiger partial charge in [0.25, 0.3) is 0 Å². The number of benzene rings is 1. The van der Waals surface area contributed by atoms with Crippen molar-refractivity contribution < 1.29 is 13.2 Å². The van der Waals surface area contributed by atoms with Crippen molar-refractivity contribution in [3.05, 3.63) is 36.5 Å². The van der Waals surface area contributed by atoms with Gasteiger partial charge in [0, 0.05) is 17.6 Å². The van der Waals surface area contributed by atoms with Gasteiger partial charge in [0.05, 0.1) is 17.9 Å². The van der Waals surface area contributed by atoms with Gasteiger partial charge in [0.1, 0.15) is 5.75 Å². The van der Waals surface area contributed by atoms with Crippen LogP contribution < -0.4 is 9.46 Å². The van der Waals surface area contributed by atoms with Crippen LogP contribution in [0, 0.1) is 0 Å². The fourth-order valence-electron chi connectivity index (χ4n) is 2.92. The van der Waals surface area contributed by atoms with E-state index in [2.05, 4.69) is 9.71 Å². The summed E-state index contributed by atoms with van der Waals surface area (Å²) in [6.45, 7) is 0. The zero-order valence-corrected chi connectivity index (χ0v) is 13.3. The van der Waals surface area contributed by atoms with Crippen LogP contribution in [0.15, 0.2) is 36.5 Å². The van der Waals surface area contributed by atoms with E-state index in [4.69, 9.17) is 4.74 Å². The number of pyridine rings is 1. The van der Waals surface area contributed by atoms with Gasteiger partial charge >= 0.3 is 0 Å². The number of fused-ring (bicyclic) bond motifs is 1. The zero-order valence-electron chi connectivity index (χ0n) is 12.5. The Labute approximate surface area is 130 Å². The van der Waals surface area contributed by atoms with Gasteiger partial charge in [-0.1, -0.05) is 6.07 Å². The van der Waals surface area contributed by atoms with Crippen molar-refractivity contribution in [1.29, 1.82) is 0 Å². The summed E-state index contributed by atoms with van der Waals surface area (Å²) in [6.07, 6.45) is 6.47. The van der Waals surface area contributed by atoms with Crippen molar-refractivity contribution in [3.8, 4) is 5.75 Å². The molecule has 1 N–H and O–H groups in total. The largest absolute Gasteiger partial charge is 0.490 e. The molecule has 0 unspecified atom stereocenters. The Morgan fingerprint density at radius 1 is 1.18 bits per heavy atom. The Morgan fingerprint density at radius 2 is 1.95 bits per heavy atom. The van der Waals surface area contributed by atoms with Crippen molar-refractivity contribution in [2.75, 3.05) is 6.26 Å². The van der Waals surface area contributed by atoms with Crippen LogP contribution in [0.4, 0.5) is 0 Å². The highest BCUT2D eigenvalue weighted by atomic mass is 32.2. The summed E-state index contributed by atoms with van der Waals surface area (Å²) < 4.78 is 31.2. The van der Waals surface area contributed by atoms with Crippen LogP contribution in [0.3, 0.4) is 0 Å². The molecule has 0 atom stereocenters. The van der Waals surface area contributed by atoms with Crippen LogP contribution in [-0.2, 0) is 10.0 Å². The molecule has 0 amide bonds. The summed E-state index contributed by atoms with van der Waals surface area (Å²) in [5, 5.41) is 1.06. The molecular formula is C16H20N2O3S. The van der Waals surface area contributed by atoms with Gasteiger partial charge in [-0.15, -0.1) is 0 Å². The van der Waals surface area contributed by atoms with E-state index in [0.29, 0.717) is 0 Å². The van der Waals surface area contributed by atoms with E-state index in [-0.39, 0.29) is 12.1 Å². The molecule has 1 aliphatic carbocycles. The molecule has 1 aromatic carbocycles. The Morgan fingerprint density at radius 3 is 2.68 bits per heavy atom. The monoisotopic (exact) mass is 320 g/mol. The Hall–Kier alpha value is -1.66. The predicted octanol–water partition coefficient (Wildman–Crippen LogP) is 2.47. The van der Waals surface area contributed by atoms with Crippen LogP contribution in [0.5, 0.6) is 5.75 Å². The second kappa shape index (κ2) is 6.22. The quantitative estimate of drug-likeness (QED) is 0.939. The number of nitrogens with one attached hydrogen (secondary N) is 1. The number of ether oxygens (including phenoxy) is 1. The topological polar surface area (TPSA) is 68.3 Å². The highest BCUT2D eigenvalue weighted by Gasteiger charge is 2.24. The molecule has 0 aliphatic heterocycles. The van der Waals surface area contributed by atoms with Crippen LogP contribution in [0.25, 0.3) is 10.9 Å². The van der Waals surface area contributed by atoms with Crippen LogP contribution in [0.2, 0.25) is 0 Å². The molecule has 0 saturated heterocycles. The number of aromatic nitrogens is 1. The molecule has 0 bridgehead atoms. The van der Waals surface area contributed by atoms with Gasteiger partial charge < -0.3 is 4.74 Å². The van der Waals surface area contributed by atoms with Gasteiger partial charge in [0.15, 0.2) is 0 Å². The molecule has 118 valence electrons. The molecule has 0 spiro atoms. The van der Waals surface area contributed by atoms with E-state index in [1.54, 1.807) is 6.20 Å². The number of hydrogen-bond donors (Lipinski definition) is 1. The second-order valence-electron chi connectivity index (χ2n) is 5.84. The maximum absolute atomic E-state index is 11.2. The summed E-state index contributed by atoms with van der Waals surface area (Å²) in [4.78, 5) is 4.29. The first kappa shape index (κ1) is 15.2. The van der Waals surface area contributed by atoms with Gasteiger partial charge in [-0.2, -0.15) is 0 Å². The van der Waals surface area contributed by atoms with Crippen molar-refractivity contribution in [2.24, 2.45) is 0 Å². The minimum atomic E-state index is -3.12. The van der Waals surface area contributed by atoms with E-state index >= 15 is 0 Å². The SMILES string of the molecule is CS(=O)(=O)NC1CCC(Oc2ccc3ncccc3c2)CC1. The molecule has 1 fully saturated rings. The Bertz CT molecular complexity index is 753. The van der Waals surface area contributed by atoms with Crippen molar-refractivity contribution in [3.63, 3.8) is 0 Å². The number of nitrogens with zero attached hydrogens (tertiary/aromatic N) is 1. The summed E-state index contributed by atoms with van der Waals surface area (Å²) in [7, 11) is -3.12. The predicted molar refractivity (Wildman–Crippen MR) is 86.4 cm³/mol. The van der Waals surface area contributed by atoms with E-state index in [1.807, 2.05) is 30.3 Å². The van der Waals surface area contributed by atoms with Crippen molar-refractivity contribution >= 4 is 20.9 Å². The summed E-state index contributed by atoms with van der Waals surface area (Å²) in [6, 6.07) is 9.87. The lowest BCUT2D eigenvalue weighted by molar-refractivity contribution is 0.144. The average Bonchev–Trinajstić information content (AvgIpc) is 2.48. The standard InChI is InChI=1S/C16H20N2O3S/c1-22(19,20)18-13-4-6-14(7-5-13)21-15-8-9-16-12(11-15)3-2-10-17-16/h2-3,8-11,13-14,18H,4-7H2,1H3. The van der Waals surface area contributed by atoms with Gasteiger partial charge in [-0.25, -0.2) is 13.1 Å². The molecule has 1 aromatic heterocycles. The Kier molecular flexibility index (Phi) is 4.31. The molecule has 1 aliphatic rings. The number of sulfonamides is 1. The van der Waals surface area contributed by atoms with Gasteiger partial charge in [0.2, 0.25) is 10.0 Å². The van der Waals surface area contributed by atoms with E-state index in [0.717, 1.165) is 42.3 Å². The minimum absolute atomic E-state index is 0.0376. The molecule has 22 heavy (non-hydrogen) atoms. The molecule has 3 rings (SSSR count).